The van der Waals surface area contributed by atoms with E-state index in [2.05, 4.69) is 9.97 Å². The zero-order valence-electron chi connectivity index (χ0n) is 12.2. The first-order valence-corrected chi connectivity index (χ1v) is 7.75. The maximum Gasteiger partial charge on any atom is 0.276 e. The minimum Gasteiger partial charge on any atom is -0.497 e. The van der Waals surface area contributed by atoms with Crippen LogP contribution in [0.25, 0.3) is 26.1 Å². The van der Waals surface area contributed by atoms with Gasteiger partial charge in [0.05, 0.1) is 18.5 Å². The van der Waals surface area contributed by atoms with Crippen molar-refractivity contribution in [3.8, 4) is 11.4 Å². The van der Waals surface area contributed by atoms with Crippen LogP contribution in [0.1, 0.15) is 0 Å². The molecule has 114 valence electrons. The van der Waals surface area contributed by atoms with Gasteiger partial charge in [-0.25, -0.2) is 9.97 Å². The summed E-state index contributed by atoms with van der Waals surface area (Å²) in [6.07, 6.45) is 3.29. The number of aromatic amines is 1. The van der Waals surface area contributed by atoms with Crippen molar-refractivity contribution in [2.45, 2.75) is 0 Å². The number of nitrogen functional groups attached to an aromatic ring is 1. The Morgan fingerprint density at radius 3 is 2.78 bits per heavy atom. The Bertz CT molecular complexity index is 1080. The van der Waals surface area contributed by atoms with Crippen LogP contribution in [0.5, 0.6) is 5.75 Å². The average Bonchev–Trinajstić information content (AvgIpc) is 2.96. The number of nitrogens with one attached hydrogen (secondary N) is 1. The van der Waals surface area contributed by atoms with Gasteiger partial charge in [0.1, 0.15) is 27.7 Å². The molecule has 0 unspecified atom stereocenters. The maximum absolute atomic E-state index is 12.8. The Kier molecular flexibility index (Phi) is 3.02. The van der Waals surface area contributed by atoms with Gasteiger partial charge in [-0.1, -0.05) is 11.3 Å². The van der Waals surface area contributed by atoms with Crippen LogP contribution in [-0.4, -0.2) is 16.7 Å². The number of pyridine rings is 1. The van der Waals surface area contributed by atoms with Crippen molar-refractivity contribution in [3.05, 3.63) is 53.2 Å². The van der Waals surface area contributed by atoms with Gasteiger partial charge < -0.3 is 10.5 Å². The van der Waals surface area contributed by atoms with Gasteiger partial charge >= 0.3 is 0 Å². The van der Waals surface area contributed by atoms with Crippen LogP contribution in [0.2, 0.25) is 0 Å². The molecule has 0 spiro atoms. The number of benzene rings is 1. The lowest BCUT2D eigenvalue weighted by Crippen LogP contribution is -2.17. The highest BCUT2D eigenvalue weighted by Crippen LogP contribution is 2.31. The van der Waals surface area contributed by atoms with Crippen molar-refractivity contribution >= 4 is 37.5 Å². The molecule has 0 radical (unpaired) electrons. The smallest absolute Gasteiger partial charge is 0.276 e. The Morgan fingerprint density at radius 1 is 1.26 bits per heavy atom. The normalized spacial score (nSPS) is 11.2. The van der Waals surface area contributed by atoms with Gasteiger partial charge in [0, 0.05) is 6.07 Å². The number of H-pyrrole nitrogens is 1. The summed E-state index contributed by atoms with van der Waals surface area (Å²) in [6.45, 7) is 0. The van der Waals surface area contributed by atoms with E-state index in [9.17, 15) is 4.79 Å². The molecule has 0 aliphatic rings. The Balaban J connectivity index is 1.99. The lowest BCUT2D eigenvalue weighted by Gasteiger charge is -2.06. The van der Waals surface area contributed by atoms with Crippen LogP contribution in [0.15, 0.2) is 47.7 Å². The number of thiophene rings is 1. The van der Waals surface area contributed by atoms with Crippen molar-refractivity contribution in [1.82, 2.24) is 9.55 Å². The molecular formula is C16H13N4O2S+. The van der Waals surface area contributed by atoms with Crippen LogP contribution in [0, 0.1) is 0 Å². The third kappa shape index (κ3) is 2.05. The molecule has 1 aromatic carbocycles. The number of aromatic nitrogens is 3. The summed E-state index contributed by atoms with van der Waals surface area (Å²) in [5.74, 6) is 0.736. The van der Waals surface area contributed by atoms with Crippen LogP contribution >= 0.6 is 11.3 Å². The monoisotopic (exact) mass is 325 g/mol. The van der Waals surface area contributed by atoms with E-state index in [-0.39, 0.29) is 5.56 Å². The highest BCUT2D eigenvalue weighted by atomic mass is 32.1. The first-order chi connectivity index (χ1) is 11.2. The molecule has 3 heterocycles. The second-order valence-corrected chi connectivity index (χ2v) is 6.06. The Hall–Kier alpha value is -2.93. The van der Waals surface area contributed by atoms with Crippen molar-refractivity contribution in [1.29, 1.82) is 0 Å². The third-order valence-electron chi connectivity index (χ3n) is 3.72. The molecule has 4 rings (SSSR count). The second kappa shape index (κ2) is 5.06. The van der Waals surface area contributed by atoms with Crippen LogP contribution in [0.3, 0.4) is 0 Å². The fraction of sp³-hybridized carbons (Fsp3) is 0.0625. The summed E-state index contributed by atoms with van der Waals surface area (Å²) < 4.78 is 7.24. The molecule has 0 aliphatic carbocycles. The number of hydrogen-bond donors (Lipinski definition) is 1. The zero-order valence-corrected chi connectivity index (χ0v) is 13.1. The summed E-state index contributed by atoms with van der Waals surface area (Å²) in [7, 11) is 1.60. The van der Waals surface area contributed by atoms with Gasteiger partial charge in [0.25, 0.3) is 10.4 Å². The SMILES string of the molecule is COc1ccc(-n2cnc3c(sc4[nH+]ccc(N)c43)c2=O)cc1. The molecule has 6 nitrogen and oxygen atoms in total. The second-order valence-electron chi connectivity index (χ2n) is 5.03. The van der Waals surface area contributed by atoms with Crippen molar-refractivity contribution in [2.75, 3.05) is 12.8 Å². The number of methoxy groups -OCH3 is 1. The van der Waals surface area contributed by atoms with Gasteiger partial charge in [0.2, 0.25) is 0 Å². The lowest BCUT2D eigenvalue weighted by atomic mass is 10.2. The summed E-state index contributed by atoms with van der Waals surface area (Å²) in [4.78, 5) is 21.2. The minimum atomic E-state index is -0.117. The van der Waals surface area contributed by atoms with Gasteiger partial charge in [-0.2, -0.15) is 0 Å². The molecule has 0 saturated heterocycles. The van der Waals surface area contributed by atoms with Gasteiger partial charge in [0.15, 0.2) is 6.20 Å². The average molecular weight is 325 g/mol. The fourth-order valence-electron chi connectivity index (χ4n) is 2.55. The molecular weight excluding hydrogens is 312 g/mol. The molecule has 0 bridgehead atoms. The molecule has 23 heavy (non-hydrogen) atoms. The number of anilines is 1. The Labute approximate surface area is 134 Å². The third-order valence-corrected chi connectivity index (χ3v) is 4.81. The van der Waals surface area contributed by atoms with E-state index in [4.69, 9.17) is 10.5 Å². The summed E-state index contributed by atoms with van der Waals surface area (Å²) in [5.41, 5.74) is 7.88. The predicted molar refractivity (Wildman–Crippen MR) is 90.2 cm³/mol. The number of rotatable bonds is 2. The summed E-state index contributed by atoms with van der Waals surface area (Å²) in [6, 6.07) is 9.03. The molecule has 4 aromatic rings. The number of ether oxygens (including phenoxy) is 1. The molecule has 0 amide bonds. The lowest BCUT2D eigenvalue weighted by molar-refractivity contribution is -0.341. The first kappa shape index (κ1) is 13.7. The van der Waals surface area contributed by atoms with E-state index in [1.807, 2.05) is 24.3 Å². The van der Waals surface area contributed by atoms with Gasteiger partial charge in [-0.05, 0) is 24.3 Å². The quantitative estimate of drug-likeness (QED) is 0.611. The maximum atomic E-state index is 12.8. The van der Waals surface area contributed by atoms with Gasteiger partial charge in [-0.15, -0.1) is 0 Å². The molecule has 7 heteroatoms. The molecule has 3 aromatic heterocycles. The highest BCUT2D eigenvalue weighted by Gasteiger charge is 2.18. The number of nitrogens with two attached hydrogens (primary N) is 1. The highest BCUT2D eigenvalue weighted by molar-refractivity contribution is 7.25. The molecule has 0 aliphatic heterocycles. The molecule has 3 N–H and O–H groups in total. The van der Waals surface area contributed by atoms with E-state index < -0.39 is 0 Å². The molecule has 0 fully saturated rings. The van der Waals surface area contributed by atoms with Crippen LogP contribution in [0.4, 0.5) is 5.69 Å². The zero-order chi connectivity index (χ0) is 16.0. The minimum absolute atomic E-state index is 0.117. The molecule has 0 atom stereocenters. The van der Waals surface area contributed by atoms with Crippen molar-refractivity contribution in [2.24, 2.45) is 0 Å². The van der Waals surface area contributed by atoms with E-state index in [0.717, 1.165) is 21.7 Å². The van der Waals surface area contributed by atoms with E-state index in [1.54, 1.807) is 19.4 Å². The van der Waals surface area contributed by atoms with Crippen molar-refractivity contribution < 1.29 is 9.72 Å². The van der Waals surface area contributed by atoms with Crippen LogP contribution in [-0.2, 0) is 0 Å². The van der Waals surface area contributed by atoms with Crippen LogP contribution < -0.4 is 21.0 Å². The van der Waals surface area contributed by atoms with E-state index in [0.29, 0.717) is 15.9 Å². The topological polar surface area (TPSA) is 84.3 Å². The number of nitrogens with zero attached hydrogens (tertiary/aromatic N) is 2. The Morgan fingerprint density at radius 2 is 2.04 bits per heavy atom. The van der Waals surface area contributed by atoms with E-state index in [1.165, 1.54) is 22.2 Å². The summed E-state index contributed by atoms with van der Waals surface area (Å²) >= 11 is 1.36. The van der Waals surface area contributed by atoms with Crippen molar-refractivity contribution in [3.63, 3.8) is 0 Å². The summed E-state index contributed by atoms with van der Waals surface area (Å²) in [5, 5.41) is 0.798. The largest absolute Gasteiger partial charge is 0.497 e. The first-order valence-electron chi connectivity index (χ1n) is 6.93. The fourth-order valence-corrected chi connectivity index (χ4v) is 3.64. The number of hydrogen-bond acceptors (Lipinski definition) is 5. The van der Waals surface area contributed by atoms with Gasteiger partial charge in [-0.3, -0.25) is 9.36 Å². The predicted octanol–water partition coefficient (Wildman–Crippen LogP) is 2.01. The number of fused-ring (bicyclic) bond motifs is 3. The molecule has 0 saturated carbocycles. The standard InChI is InChI=1S/C16H12N4O2S/c1-22-10-4-2-9(3-5-10)20-8-19-13-12-11(17)6-7-18-15(12)23-14(13)16(20)21/h2-8H,1H3,(H2,17,18)/p+1. The van der Waals surface area contributed by atoms with E-state index >= 15 is 0 Å².